The van der Waals surface area contributed by atoms with Crippen LogP contribution in [0.3, 0.4) is 0 Å². The highest BCUT2D eigenvalue weighted by Crippen LogP contribution is 2.19. The molecule has 1 amide bonds. The molecule has 4 nitrogen and oxygen atoms in total. The summed E-state index contributed by atoms with van der Waals surface area (Å²) in [5.74, 6) is 0.720. The standard InChI is InChI=1S/C20H31N3O/c1-3-23-12-8-17-4-5-19(14-18(17)9-13-23)20(24)21-15-16-6-10-22(2)11-7-16/h4-5,14,16H,3,6-13,15H2,1-2H3,(H,21,24). The van der Waals surface area contributed by atoms with E-state index in [1.165, 1.54) is 24.0 Å². The zero-order valence-electron chi connectivity index (χ0n) is 15.2. The van der Waals surface area contributed by atoms with E-state index in [1.807, 2.05) is 6.07 Å². The normalized spacial score (nSPS) is 20.4. The van der Waals surface area contributed by atoms with Gasteiger partial charge in [0.1, 0.15) is 0 Å². The molecule has 0 spiro atoms. The number of rotatable bonds is 4. The van der Waals surface area contributed by atoms with Crippen LogP contribution in [0.25, 0.3) is 0 Å². The monoisotopic (exact) mass is 329 g/mol. The van der Waals surface area contributed by atoms with Gasteiger partial charge in [0.15, 0.2) is 0 Å². The molecule has 0 aliphatic carbocycles. The zero-order valence-corrected chi connectivity index (χ0v) is 15.2. The number of piperidine rings is 1. The Balaban J connectivity index is 1.57. The van der Waals surface area contributed by atoms with Gasteiger partial charge in [0, 0.05) is 25.2 Å². The van der Waals surface area contributed by atoms with E-state index in [0.717, 1.165) is 57.7 Å². The highest BCUT2D eigenvalue weighted by Gasteiger charge is 2.18. The molecule has 4 heteroatoms. The van der Waals surface area contributed by atoms with Gasteiger partial charge in [-0.2, -0.15) is 0 Å². The maximum absolute atomic E-state index is 12.5. The van der Waals surface area contributed by atoms with Gasteiger partial charge < -0.3 is 15.1 Å². The molecule has 2 heterocycles. The quantitative estimate of drug-likeness (QED) is 0.920. The molecule has 2 aliphatic heterocycles. The van der Waals surface area contributed by atoms with E-state index in [4.69, 9.17) is 0 Å². The van der Waals surface area contributed by atoms with Crippen LogP contribution >= 0.6 is 0 Å². The van der Waals surface area contributed by atoms with Crippen LogP contribution in [0, 0.1) is 5.92 Å². The first kappa shape index (κ1) is 17.4. The molecule has 0 bridgehead atoms. The lowest BCUT2D eigenvalue weighted by atomic mass is 9.96. The molecule has 1 saturated heterocycles. The van der Waals surface area contributed by atoms with Crippen LogP contribution in [0.1, 0.15) is 41.3 Å². The number of likely N-dealkylation sites (N-methyl/N-ethyl adjacent to an activating group) is 1. The third-order valence-electron chi connectivity index (χ3n) is 5.70. The third-order valence-corrected chi connectivity index (χ3v) is 5.70. The molecule has 24 heavy (non-hydrogen) atoms. The number of nitrogens with zero attached hydrogens (tertiary/aromatic N) is 2. The van der Waals surface area contributed by atoms with Crippen LogP contribution in [-0.4, -0.2) is 62.0 Å². The predicted octanol–water partition coefficient (Wildman–Crippen LogP) is 2.18. The van der Waals surface area contributed by atoms with Gasteiger partial charge in [-0.3, -0.25) is 4.79 Å². The van der Waals surface area contributed by atoms with E-state index >= 15 is 0 Å². The van der Waals surface area contributed by atoms with Gasteiger partial charge in [-0.25, -0.2) is 0 Å². The molecule has 1 N–H and O–H groups in total. The minimum absolute atomic E-state index is 0.0910. The summed E-state index contributed by atoms with van der Waals surface area (Å²) in [7, 11) is 2.17. The average molecular weight is 329 g/mol. The number of fused-ring (bicyclic) bond motifs is 1. The van der Waals surface area contributed by atoms with Crippen molar-refractivity contribution in [2.75, 3.05) is 46.3 Å². The van der Waals surface area contributed by atoms with Crippen molar-refractivity contribution in [2.24, 2.45) is 5.92 Å². The molecule has 1 aromatic carbocycles. The van der Waals surface area contributed by atoms with Crippen molar-refractivity contribution in [3.63, 3.8) is 0 Å². The summed E-state index contributed by atoms with van der Waals surface area (Å²) in [5, 5.41) is 3.16. The summed E-state index contributed by atoms with van der Waals surface area (Å²) >= 11 is 0. The Morgan fingerprint density at radius 3 is 2.54 bits per heavy atom. The maximum Gasteiger partial charge on any atom is 0.251 e. The topological polar surface area (TPSA) is 35.6 Å². The van der Waals surface area contributed by atoms with Crippen LogP contribution in [-0.2, 0) is 12.8 Å². The molecule has 3 rings (SSSR count). The van der Waals surface area contributed by atoms with Crippen molar-refractivity contribution in [3.05, 3.63) is 34.9 Å². The maximum atomic E-state index is 12.5. The summed E-state index contributed by atoms with van der Waals surface area (Å²) < 4.78 is 0. The first-order valence-corrected chi connectivity index (χ1v) is 9.46. The van der Waals surface area contributed by atoms with Crippen molar-refractivity contribution in [1.82, 2.24) is 15.1 Å². The van der Waals surface area contributed by atoms with Gasteiger partial charge in [-0.05, 0) is 81.5 Å². The fourth-order valence-corrected chi connectivity index (χ4v) is 3.83. The van der Waals surface area contributed by atoms with Crippen LogP contribution in [0.2, 0.25) is 0 Å². The summed E-state index contributed by atoms with van der Waals surface area (Å²) in [4.78, 5) is 17.4. The third kappa shape index (κ3) is 4.37. The lowest BCUT2D eigenvalue weighted by Crippen LogP contribution is -2.36. The molecule has 1 aromatic rings. The number of benzene rings is 1. The second-order valence-corrected chi connectivity index (χ2v) is 7.37. The van der Waals surface area contributed by atoms with Crippen molar-refractivity contribution < 1.29 is 4.79 Å². The average Bonchev–Trinajstić information content (AvgIpc) is 2.82. The van der Waals surface area contributed by atoms with Gasteiger partial charge in [-0.15, -0.1) is 0 Å². The minimum atomic E-state index is 0.0910. The SMILES string of the molecule is CCN1CCc2ccc(C(=O)NCC3CCN(C)CC3)cc2CC1. The first-order chi connectivity index (χ1) is 11.7. The summed E-state index contributed by atoms with van der Waals surface area (Å²) in [6.45, 7) is 8.67. The Kier molecular flexibility index (Phi) is 5.90. The van der Waals surface area contributed by atoms with Crippen molar-refractivity contribution in [1.29, 1.82) is 0 Å². The van der Waals surface area contributed by atoms with Crippen LogP contribution in [0.4, 0.5) is 0 Å². The van der Waals surface area contributed by atoms with E-state index < -0.39 is 0 Å². The zero-order chi connectivity index (χ0) is 16.9. The Labute approximate surface area is 146 Å². The van der Waals surface area contributed by atoms with Gasteiger partial charge in [0.05, 0.1) is 0 Å². The number of hydrogen-bond acceptors (Lipinski definition) is 3. The molecule has 0 atom stereocenters. The second kappa shape index (κ2) is 8.13. The molecule has 0 saturated carbocycles. The van der Waals surface area contributed by atoms with Crippen LogP contribution < -0.4 is 5.32 Å². The van der Waals surface area contributed by atoms with Gasteiger partial charge in [0.2, 0.25) is 0 Å². The fourth-order valence-electron chi connectivity index (χ4n) is 3.83. The molecular weight excluding hydrogens is 298 g/mol. The summed E-state index contributed by atoms with van der Waals surface area (Å²) in [5.41, 5.74) is 3.60. The van der Waals surface area contributed by atoms with E-state index in [9.17, 15) is 4.79 Å². The van der Waals surface area contributed by atoms with E-state index in [2.05, 4.69) is 41.2 Å². The lowest BCUT2D eigenvalue weighted by molar-refractivity contribution is 0.0939. The van der Waals surface area contributed by atoms with Gasteiger partial charge in [0.25, 0.3) is 5.91 Å². The number of carbonyl (C=O) groups is 1. The number of nitrogens with one attached hydrogen (secondary N) is 1. The fraction of sp³-hybridized carbons (Fsp3) is 0.650. The van der Waals surface area contributed by atoms with Crippen LogP contribution in [0.15, 0.2) is 18.2 Å². The van der Waals surface area contributed by atoms with E-state index in [0.29, 0.717) is 5.92 Å². The lowest BCUT2D eigenvalue weighted by Gasteiger charge is -2.28. The van der Waals surface area contributed by atoms with Gasteiger partial charge in [-0.1, -0.05) is 13.0 Å². The Hall–Kier alpha value is -1.39. The summed E-state index contributed by atoms with van der Waals surface area (Å²) in [6, 6.07) is 6.29. The minimum Gasteiger partial charge on any atom is -0.352 e. The van der Waals surface area contributed by atoms with Crippen LogP contribution in [0.5, 0.6) is 0 Å². The smallest absolute Gasteiger partial charge is 0.251 e. The molecule has 0 aromatic heterocycles. The predicted molar refractivity (Wildman–Crippen MR) is 98.5 cm³/mol. The number of amides is 1. The van der Waals surface area contributed by atoms with E-state index in [-0.39, 0.29) is 5.91 Å². The van der Waals surface area contributed by atoms with Crippen molar-refractivity contribution in [3.8, 4) is 0 Å². The molecular formula is C20H31N3O. The van der Waals surface area contributed by atoms with E-state index in [1.54, 1.807) is 0 Å². The second-order valence-electron chi connectivity index (χ2n) is 7.37. The van der Waals surface area contributed by atoms with Crippen molar-refractivity contribution >= 4 is 5.91 Å². The Bertz CT molecular complexity index is 564. The first-order valence-electron chi connectivity index (χ1n) is 9.46. The number of hydrogen-bond donors (Lipinski definition) is 1. The summed E-state index contributed by atoms with van der Waals surface area (Å²) in [6.07, 6.45) is 4.53. The van der Waals surface area contributed by atoms with Crippen molar-refractivity contribution in [2.45, 2.75) is 32.6 Å². The molecule has 2 aliphatic rings. The number of carbonyl (C=O) groups excluding carboxylic acids is 1. The van der Waals surface area contributed by atoms with Gasteiger partial charge >= 0.3 is 0 Å². The molecule has 0 radical (unpaired) electrons. The Morgan fingerprint density at radius 1 is 1.12 bits per heavy atom. The molecule has 132 valence electrons. The Morgan fingerprint density at radius 2 is 1.83 bits per heavy atom. The highest BCUT2D eigenvalue weighted by molar-refractivity contribution is 5.94. The molecule has 0 unspecified atom stereocenters. The largest absolute Gasteiger partial charge is 0.352 e. The highest BCUT2D eigenvalue weighted by atomic mass is 16.1. The number of likely N-dealkylation sites (tertiary alicyclic amines) is 1. The molecule has 1 fully saturated rings.